The Morgan fingerprint density at radius 3 is 2.62 bits per heavy atom. The number of nitrogens with one attached hydrogen (secondary N) is 1. The zero-order chi connectivity index (χ0) is 18.6. The molecular weight excluding hydrogens is 439 g/mol. The summed E-state index contributed by atoms with van der Waals surface area (Å²) >= 11 is 0. The van der Waals surface area contributed by atoms with Crippen LogP contribution >= 0.6 is 24.0 Å². The van der Waals surface area contributed by atoms with Crippen LogP contribution < -0.4 is 5.32 Å². The van der Waals surface area contributed by atoms with Crippen molar-refractivity contribution in [2.45, 2.75) is 39.3 Å². The third-order valence-electron chi connectivity index (χ3n) is 5.24. The van der Waals surface area contributed by atoms with E-state index < -0.39 is 0 Å². The third-order valence-corrected chi connectivity index (χ3v) is 5.24. The van der Waals surface area contributed by atoms with E-state index in [-0.39, 0.29) is 35.6 Å². The van der Waals surface area contributed by atoms with E-state index in [0.717, 1.165) is 32.2 Å². The summed E-state index contributed by atoms with van der Waals surface area (Å²) in [6.07, 6.45) is 0.0924. The van der Waals surface area contributed by atoms with Gasteiger partial charge >= 0.3 is 0 Å². The number of morpholine rings is 1. The van der Waals surface area contributed by atoms with E-state index in [1.807, 2.05) is 7.05 Å². The number of hydrogen-bond donors (Lipinski definition) is 1. The number of benzene rings is 1. The Morgan fingerprint density at radius 2 is 2.04 bits per heavy atom. The minimum atomic E-state index is 0. The standard InChI is InChI=1S/C20H34N4O.HI/c1-15-8-9-17(16(2)12-15)18-13-24(10-11-25-18)19(21-5)22-14-20(3,4)23(6)7;/h8-9,12,18H,10-11,13-14H2,1-7H3,(H,21,22);1H. The molecule has 0 bridgehead atoms. The molecule has 1 aromatic rings. The van der Waals surface area contributed by atoms with Gasteiger partial charge in [-0.3, -0.25) is 4.99 Å². The Balaban J connectivity index is 0.00000338. The number of nitrogens with zero attached hydrogens (tertiary/aromatic N) is 3. The molecule has 1 aromatic carbocycles. The minimum Gasteiger partial charge on any atom is -0.370 e. The zero-order valence-electron chi connectivity index (χ0n) is 17.3. The molecule has 0 aliphatic carbocycles. The first-order valence-corrected chi connectivity index (χ1v) is 9.06. The monoisotopic (exact) mass is 474 g/mol. The van der Waals surface area contributed by atoms with Gasteiger partial charge in [-0.2, -0.15) is 0 Å². The van der Waals surface area contributed by atoms with Crippen LogP contribution in [0.4, 0.5) is 0 Å². The second kappa shape index (κ2) is 9.90. The van der Waals surface area contributed by atoms with Gasteiger partial charge in [0.05, 0.1) is 13.2 Å². The van der Waals surface area contributed by atoms with Crippen molar-refractivity contribution in [2.75, 3.05) is 47.4 Å². The first kappa shape index (κ1) is 23.2. The van der Waals surface area contributed by atoms with E-state index in [4.69, 9.17) is 4.74 Å². The molecule has 1 saturated heterocycles. The number of aryl methyl sites for hydroxylation is 2. The Labute approximate surface area is 176 Å². The van der Waals surface area contributed by atoms with E-state index in [1.54, 1.807) is 0 Å². The highest BCUT2D eigenvalue weighted by molar-refractivity contribution is 14.0. The van der Waals surface area contributed by atoms with Crippen molar-refractivity contribution < 1.29 is 4.74 Å². The van der Waals surface area contributed by atoms with Gasteiger partial charge in [-0.1, -0.05) is 23.8 Å². The van der Waals surface area contributed by atoms with Crippen molar-refractivity contribution in [3.63, 3.8) is 0 Å². The van der Waals surface area contributed by atoms with Crippen molar-refractivity contribution in [3.8, 4) is 0 Å². The quantitative estimate of drug-likeness (QED) is 0.414. The first-order chi connectivity index (χ1) is 11.7. The largest absolute Gasteiger partial charge is 0.370 e. The van der Waals surface area contributed by atoms with Gasteiger partial charge in [0.1, 0.15) is 6.10 Å². The van der Waals surface area contributed by atoms with Crippen LogP contribution in [0.1, 0.15) is 36.6 Å². The SMILES string of the molecule is CN=C(NCC(C)(C)N(C)C)N1CCOC(c2ccc(C)cc2C)C1.I. The maximum atomic E-state index is 6.06. The highest BCUT2D eigenvalue weighted by Gasteiger charge is 2.27. The highest BCUT2D eigenvalue weighted by Crippen LogP contribution is 2.26. The summed E-state index contributed by atoms with van der Waals surface area (Å²) in [5.74, 6) is 0.952. The molecule has 26 heavy (non-hydrogen) atoms. The van der Waals surface area contributed by atoms with Gasteiger partial charge in [0, 0.05) is 25.7 Å². The lowest BCUT2D eigenvalue weighted by atomic mass is 10.00. The maximum Gasteiger partial charge on any atom is 0.193 e. The van der Waals surface area contributed by atoms with Crippen LogP contribution in [0.5, 0.6) is 0 Å². The number of likely N-dealkylation sites (N-methyl/N-ethyl adjacent to an activating group) is 1. The number of guanidine groups is 1. The Hall–Kier alpha value is -0.860. The van der Waals surface area contributed by atoms with Gasteiger partial charge in [0.2, 0.25) is 0 Å². The van der Waals surface area contributed by atoms with Crippen LogP contribution in [0.15, 0.2) is 23.2 Å². The van der Waals surface area contributed by atoms with Gasteiger partial charge < -0.3 is 19.9 Å². The summed E-state index contributed by atoms with van der Waals surface area (Å²) in [4.78, 5) is 9.03. The number of aliphatic imine (C=N–C) groups is 1. The number of hydrogen-bond acceptors (Lipinski definition) is 3. The van der Waals surface area contributed by atoms with Crippen LogP contribution in [0.3, 0.4) is 0 Å². The summed E-state index contributed by atoms with van der Waals surface area (Å²) < 4.78 is 6.06. The molecule has 1 atom stereocenters. The molecule has 5 nitrogen and oxygen atoms in total. The molecule has 1 fully saturated rings. The van der Waals surface area contributed by atoms with E-state index >= 15 is 0 Å². The van der Waals surface area contributed by atoms with Gasteiger partial charge in [0.15, 0.2) is 5.96 Å². The van der Waals surface area contributed by atoms with Gasteiger partial charge in [-0.25, -0.2) is 0 Å². The molecule has 6 heteroatoms. The Kier molecular flexibility index (Phi) is 8.82. The fourth-order valence-corrected chi connectivity index (χ4v) is 3.00. The molecule has 0 amide bonds. The number of rotatable bonds is 4. The molecule has 0 aromatic heterocycles. The second-order valence-electron chi connectivity index (χ2n) is 7.77. The van der Waals surface area contributed by atoms with Gasteiger partial charge in [0.25, 0.3) is 0 Å². The van der Waals surface area contributed by atoms with Crippen molar-refractivity contribution in [2.24, 2.45) is 4.99 Å². The summed E-state index contributed by atoms with van der Waals surface area (Å²) in [6, 6.07) is 6.59. The summed E-state index contributed by atoms with van der Waals surface area (Å²) in [5, 5.41) is 3.54. The van der Waals surface area contributed by atoms with Gasteiger partial charge in [-0.15, -0.1) is 24.0 Å². The fraction of sp³-hybridized carbons (Fsp3) is 0.650. The molecule has 1 aliphatic rings. The third kappa shape index (κ3) is 5.82. The van der Waals surface area contributed by atoms with E-state index in [2.05, 4.69) is 80.1 Å². The smallest absolute Gasteiger partial charge is 0.193 e. The predicted molar refractivity (Wildman–Crippen MR) is 121 cm³/mol. The lowest BCUT2D eigenvalue weighted by Crippen LogP contribution is -2.54. The van der Waals surface area contributed by atoms with Crippen molar-refractivity contribution >= 4 is 29.9 Å². The zero-order valence-corrected chi connectivity index (χ0v) is 19.6. The minimum absolute atomic E-state index is 0. The molecule has 148 valence electrons. The normalized spacial score (nSPS) is 18.7. The average molecular weight is 474 g/mol. The van der Waals surface area contributed by atoms with Crippen molar-refractivity contribution in [1.82, 2.24) is 15.1 Å². The number of halogens is 1. The fourth-order valence-electron chi connectivity index (χ4n) is 3.00. The molecule has 1 N–H and O–H groups in total. The molecule has 0 spiro atoms. The van der Waals surface area contributed by atoms with Crippen molar-refractivity contribution in [1.29, 1.82) is 0 Å². The molecule has 1 aliphatic heterocycles. The maximum absolute atomic E-state index is 6.06. The van der Waals surface area contributed by atoms with E-state index in [9.17, 15) is 0 Å². The van der Waals surface area contributed by atoms with Crippen LogP contribution in [0.2, 0.25) is 0 Å². The van der Waals surface area contributed by atoms with Gasteiger partial charge in [-0.05, 0) is 52.9 Å². The van der Waals surface area contributed by atoms with Crippen LogP contribution in [-0.2, 0) is 4.74 Å². The second-order valence-corrected chi connectivity index (χ2v) is 7.77. The van der Waals surface area contributed by atoms with E-state index in [0.29, 0.717) is 0 Å². The average Bonchev–Trinajstić information content (AvgIpc) is 2.55. The first-order valence-electron chi connectivity index (χ1n) is 9.06. The van der Waals surface area contributed by atoms with Crippen LogP contribution in [0, 0.1) is 13.8 Å². The highest BCUT2D eigenvalue weighted by atomic mass is 127. The predicted octanol–water partition coefficient (Wildman–Crippen LogP) is 3.21. The summed E-state index contributed by atoms with van der Waals surface area (Å²) in [7, 11) is 6.07. The number of ether oxygens (including phenoxy) is 1. The molecule has 1 unspecified atom stereocenters. The molecule has 1 heterocycles. The molecular formula is C20H35IN4O. The topological polar surface area (TPSA) is 40.1 Å². The van der Waals surface area contributed by atoms with Crippen molar-refractivity contribution in [3.05, 3.63) is 34.9 Å². The van der Waals surface area contributed by atoms with Crippen LogP contribution in [0.25, 0.3) is 0 Å². The Morgan fingerprint density at radius 1 is 1.35 bits per heavy atom. The lowest BCUT2D eigenvalue weighted by molar-refractivity contribution is -0.00851. The summed E-state index contributed by atoms with van der Waals surface area (Å²) in [6.45, 7) is 12.0. The summed E-state index contributed by atoms with van der Waals surface area (Å²) in [5.41, 5.74) is 3.93. The van der Waals surface area contributed by atoms with Crippen LogP contribution in [-0.4, -0.2) is 68.7 Å². The molecule has 0 saturated carbocycles. The lowest BCUT2D eigenvalue weighted by Gasteiger charge is -2.38. The molecule has 0 radical (unpaired) electrons. The molecule has 2 rings (SSSR count). The Bertz CT molecular complexity index is 616. The van der Waals surface area contributed by atoms with E-state index in [1.165, 1.54) is 16.7 Å².